The van der Waals surface area contributed by atoms with E-state index in [4.69, 9.17) is 15.2 Å². The molecule has 0 atom stereocenters. The normalized spacial score (nSPS) is 13.9. The second-order valence-electron chi connectivity index (χ2n) is 4.64. The number of nitrogens with two attached hydrogens (primary N) is 1. The standard InChI is InChI=1S/C15H16N2O2/c1-10-7-12(9-17-15(10)16)11-3-4-13-14(8-11)19-6-2-5-18-13/h3-4,7-9H,2,5-6H2,1H3,(H2,16,17). The number of ether oxygens (including phenoxy) is 2. The Morgan fingerprint density at radius 3 is 2.63 bits per heavy atom. The average molecular weight is 256 g/mol. The first-order valence-electron chi connectivity index (χ1n) is 6.36. The summed E-state index contributed by atoms with van der Waals surface area (Å²) < 4.78 is 11.3. The molecule has 19 heavy (non-hydrogen) atoms. The molecule has 98 valence electrons. The van der Waals surface area contributed by atoms with Crippen LogP contribution in [0.3, 0.4) is 0 Å². The molecule has 1 aliphatic rings. The fraction of sp³-hybridized carbons (Fsp3) is 0.267. The highest BCUT2D eigenvalue weighted by Gasteiger charge is 2.11. The van der Waals surface area contributed by atoms with Crippen LogP contribution in [0.5, 0.6) is 11.5 Å². The number of anilines is 1. The number of fused-ring (bicyclic) bond motifs is 1. The Labute approximate surface area is 112 Å². The molecular weight excluding hydrogens is 240 g/mol. The summed E-state index contributed by atoms with van der Waals surface area (Å²) in [5, 5.41) is 0. The van der Waals surface area contributed by atoms with Gasteiger partial charge < -0.3 is 15.2 Å². The zero-order valence-corrected chi connectivity index (χ0v) is 10.8. The van der Waals surface area contributed by atoms with E-state index in [1.807, 2.05) is 31.2 Å². The summed E-state index contributed by atoms with van der Waals surface area (Å²) in [6.07, 6.45) is 2.69. The molecule has 0 amide bonds. The number of benzene rings is 1. The topological polar surface area (TPSA) is 57.4 Å². The number of hydrogen-bond donors (Lipinski definition) is 1. The van der Waals surface area contributed by atoms with Crippen LogP contribution in [0.15, 0.2) is 30.5 Å². The van der Waals surface area contributed by atoms with Crippen molar-refractivity contribution in [1.29, 1.82) is 0 Å². The van der Waals surface area contributed by atoms with Crippen LogP contribution in [-0.4, -0.2) is 18.2 Å². The third kappa shape index (κ3) is 2.34. The van der Waals surface area contributed by atoms with Crippen molar-refractivity contribution in [3.05, 3.63) is 36.0 Å². The largest absolute Gasteiger partial charge is 0.490 e. The second-order valence-corrected chi connectivity index (χ2v) is 4.64. The van der Waals surface area contributed by atoms with E-state index in [9.17, 15) is 0 Å². The molecular formula is C15H16N2O2. The van der Waals surface area contributed by atoms with Crippen LogP contribution in [-0.2, 0) is 0 Å². The van der Waals surface area contributed by atoms with Gasteiger partial charge in [-0.2, -0.15) is 0 Å². The van der Waals surface area contributed by atoms with Crippen molar-refractivity contribution in [3.63, 3.8) is 0 Å². The summed E-state index contributed by atoms with van der Waals surface area (Å²) in [5.74, 6) is 2.17. The van der Waals surface area contributed by atoms with Gasteiger partial charge in [-0.05, 0) is 36.2 Å². The van der Waals surface area contributed by atoms with E-state index in [1.165, 1.54) is 0 Å². The lowest BCUT2D eigenvalue weighted by molar-refractivity contribution is 0.297. The Balaban J connectivity index is 2.01. The maximum absolute atomic E-state index is 5.74. The van der Waals surface area contributed by atoms with Gasteiger partial charge in [0.1, 0.15) is 5.82 Å². The van der Waals surface area contributed by atoms with Gasteiger partial charge in [-0.25, -0.2) is 4.98 Å². The van der Waals surface area contributed by atoms with Crippen molar-refractivity contribution in [2.75, 3.05) is 18.9 Å². The number of nitrogens with zero attached hydrogens (tertiary/aromatic N) is 1. The van der Waals surface area contributed by atoms with Crippen molar-refractivity contribution in [2.45, 2.75) is 13.3 Å². The first kappa shape index (κ1) is 11.8. The van der Waals surface area contributed by atoms with Crippen LogP contribution in [0.1, 0.15) is 12.0 Å². The molecule has 2 heterocycles. The molecule has 0 aliphatic carbocycles. The molecule has 0 bridgehead atoms. The van der Waals surface area contributed by atoms with Gasteiger partial charge in [0, 0.05) is 18.2 Å². The van der Waals surface area contributed by atoms with Gasteiger partial charge in [0.2, 0.25) is 0 Å². The average Bonchev–Trinajstić information content (AvgIpc) is 2.66. The Bertz CT molecular complexity index is 611. The third-order valence-corrected chi connectivity index (χ3v) is 3.20. The van der Waals surface area contributed by atoms with Crippen LogP contribution < -0.4 is 15.2 Å². The molecule has 0 saturated heterocycles. The van der Waals surface area contributed by atoms with E-state index >= 15 is 0 Å². The van der Waals surface area contributed by atoms with Gasteiger partial charge in [0.25, 0.3) is 0 Å². The Morgan fingerprint density at radius 1 is 1.05 bits per heavy atom. The summed E-state index contributed by atoms with van der Waals surface area (Å²) in [4.78, 5) is 4.19. The molecule has 0 saturated carbocycles. The predicted molar refractivity (Wildman–Crippen MR) is 74.4 cm³/mol. The molecule has 4 heteroatoms. The zero-order valence-electron chi connectivity index (χ0n) is 10.8. The predicted octanol–water partition coefficient (Wildman–Crippen LogP) is 2.80. The quantitative estimate of drug-likeness (QED) is 0.852. The number of pyridine rings is 1. The monoisotopic (exact) mass is 256 g/mol. The maximum atomic E-state index is 5.74. The number of aryl methyl sites for hydroxylation is 1. The fourth-order valence-electron chi connectivity index (χ4n) is 2.09. The molecule has 0 radical (unpaired) electrons. The minimum atomic E-state index is 0.568. The van der Waals surface area contributed by atoms with Crippen LogP contribution in [0.4, 0.5) is 5.82 Å². The lowest BCUT2D eigenvalue weighted by Gasteiger charge is -2.10. The van der Waals surface area contributed by atoms with Crippen LogP contribution in [0, 0.1) is 6.92 Å². The molecule has 1 aromatic heterocycles. The number of nitrogen functional groups attached to an aromatic ring is 1. The third-order valence-electron chi connectivity index (χ3n) is 3.20. The van der Waals surface area contributed by atoms with Gasteiger partial charge in [-0.1, -0.05) is 6.07 Å². The van der Waals surface area contributed by atoms with Gasteiger partial charge in [-0.3, -0.25) is 0 Å². The molecule has 4 nitrogen and oxygen atoms in total. The molecule has 2 aromatic rings. The summed E-state index contributed by atoms with van der Waals surface area (Å²) in [6, 6.07) is 7.98. The highest BCUT2D eigenvalue weighted by molar-refractivity contribution is 5.68. The smallest absolute Gasteiger partial charge is 0.161 e. The lowest BCUT2D eigenvalue weighted by Crippen LogP contribution is -1.97. The van der Waals surface area contributed by atoms with E-state index < -0.39 is 0 Å². The summed E-state index contributed by atoms with van der Waals surface area (Å²) in [5.41, 5.74) is 8.80. The Morgan fingerprint density at radius 2 is 1.84 bits per heavy atom. The van der Waals surface area contributed by atoms with Crippen molar-refractivity contribution in [2.24, 2.45) is 0 Å². The number of rotatable bonds is 1. The fourth-order valence-corrected chi connectivity index (χ4v) is 2.09. The Hall–Kier alpha value is -2.23. The number of aromatic nitrogens is 1. The van der Waals surface area contributed by atoms with E-state index in [1.54, 1.807) is 6.20 Å². The zero-order chi connectivity index (χ0) is 13.2. The summed E-state index contributed by atoms with van der Waals surface area (Å²) >= 11 is 0. The minimum absolute atomic E-state index is 0.568. The van der Waals surface area contributed by atoms with Crippen molar-refractivity contribution >= 4 is 5.82 Å². The van der Waals surface area contributed by atoms with E-state index in [-0.39, 0.29) is 0 Å². The van der Waals surface area contributed by atoms with Crippen LogP contribution in [0.2, 0.25) is 0 Å². The number of hydrogen-bond acceptors (Lipinski definition) is 4. The van der Waals surface area contributed by atoms with E-state index in [0.29, 0.717) is 19.0 Å². The van der Waals surface area contributed by atoms with Crippen molar-refractivity contribution in [3.8, 4) is 22.6 Å². The first-order chi connectivity index (χ1) is 9.24. The second kappa shape index (κ2) is 4.80. The van der Waals surface area contributed by atoms with E-state index in [0.717, 1.165) is 34.6 Å². The van der Waals surface area contributed by atoms with Crippen LogP contribution in [0.25, 0.3) is 11.1 Å². The molecule has 1 aliphatic heterocycles. The SMILES string of the molecule is Cc1cc(-c2ccc3c(c2)OCCCO3)cnc1N. The van der Waals surface area contributed by atoms with Crippen LogP contribution >= 0.6 is 0 Å². The summed E-state index contributed by atoms with van der Waals surface area (Å²) in [6.45, 7) is 3.35. The highest BCUT2D eigenvalue weighted by Crippen LogP contribution is 2.34. The first-order valence-corrected chi connectivity index (χ1v) is 6.36. The molecule has 2 N–H and O–H groups in total. The lowest BCUT2D eigenvalue weighted by atomic mass is 10.1. The molecule has 3 rings (SSSR count). The molecule has 0 spiro atoms. The van der Waals surface area contributed by atoms with Gasteiger partial charge in [0.15, 0.2) is 11.5 Å². The minimum Gasteiger partial charge on any atom is -0.490 e. The van der Waals surface area contributed by atoms with Gasteiger partial charge >= 0.3 is 0 Å². The molecule has 0 fully saturated rings. The molecule has 0 unspecified atom stereocenters. The van der Waals surface area contributed by atoms with Crippen molar-refractivity contribution in [1.82, 2.24) is 4.98 Å². The van der Waals surface area contributed by atoms with Crippen molar-refractivity contribution < 1.29 is 9.47 Å². The highest BCUT2D eigenvalue weighted by atomic mass is 16.5. The maximum Gasteiger partial charge on any atom is 0.161 e. The Kier molecular flexibility index (Phi) is 2.99. The molecule has 1 aromatic carbocycles. The van der Waals surface area contributed by atoms with Gasteiger partial charge in [0.05, 0.1) is 13.2 Å². The van der Waals surface area contributed by atoms with E-state index in [2.05, 4.69) is 4.98 Å². The summed E-state index contributed by atoms with van der Waals surface area (Å²) in [7, 11) is 0. The van der Waals surface area contributed by atoms with Gasteiger partial charge in [-0.15, -0.1) is 0 Å².